The van der Waals surface area contributed by atoms with Crippen molar-refractivity contribution in [3.63, 3.8) is 0 Å². The molecule has 0 heterocycles. The van der Waals surface area contributed by atoms with Crippen molar-refractivity contribution in [3.8, 4) is 0 Å². The predicted molar refractivity (Wildman–Crippen MR) is 41.4 cm³/mol. The van der Waals surface area contributed by atoms with Gasteiger partial charge in [-0.05, 0) is 20.8 Å². The van der Waals surface area contributed by atoms with Gasteiger partial charge in [0.15, 0.2) is 0 Å². The van der Waals surface area contributed by atoms with Gasteiger partial charge in [0.25, 0.3) is 0 Å². The Morgan fingerprint density at radius 1 is 1.64 bits per heavy atom. The number of aliphatic carboxylic acids is 1. The van der Waals surface area contributed by atoms with E-state index in [9.17, 15) is 4.79 Å². The fraction of sp³-hybridized carbons (Fsp3) is 0.857. The monoisotopic (exact) mass is 161 g/mol. The summed E-state index contributed by atoms with van der Waals surface area (Å²) in [5.41, 5.74) is -0.970. The van der Waals surface area contributed by atoms with E-state index in [1.165, 1.54) is 0 Å². The minimum Gasteiger partial charge on any atom is -0.480 e. The van der Waals surface area contributed by atoms with Crippen LogP contribution in [0.25, 0.3) is 0 Å². The first-order valence-corrected chi connectivity index (χ1v) is 3.52. The molecule has 0 spiro atoms. The quantitative estimate of drug-likeness (QED) is 0.535. The maximum absolute atomic E-state index is 10.5. The van der Waals surface area contributed by atoms with Crippen LogP contribution in [0, 0.1) is 0 Å². The highest BCUT2D eigenvalue weighted by Gasteiger charge is 2.27. The van der Waals surface area contributed by atoms with Crippen LogP contribution in [-0.4, -0.2) is 34.4 Å². The minimum atomic E-state index is -0.970. The number of hydrogen-bond acceptors (Lipinski definition) is 3. The first kappa shape index (κ1) is 10.4. The lowest BCUT2D eigenvalue weighted by Gasteiger charge is -2.24. The van der Waals surface area contributed by atoms with Crippen LogP contribution in [-0.2, 0) is 4.79 Å². The van der Waals surface area contributed by atoms with E-state index in [1.54, 1.807) is 20.8 Å². The number of rotatable bonds is 4. The first-order valence-electron chi connectivity index (χ1n) is 3.52. The van der Waals surface area contributed by atoms with Crippen molar-refractivity contribution >= 4 is 5.97 Å². The molecule has 4 heteroatoms. The van der Waals surface area contributed by atoms with E-state index in [2.05, 4.69) is 5.32 Å². The summed E-state index contributed by atoms with van der Waals surface area (Å²) in [6.45, 7) is 4.78. The van der Waals surface area contributed by atoms with E-state index in [0.29, 0.717) is 0 Å². The fourth-order valence-electron chi connectivity index (χ4n) is 0.723. The van der Waals surface area contributed by atoms with Crippen LogP contribution in [0.5, 0.6) is 0 Å². The molecule has 0 aromatic carbocycles. The van der Waals surface area contributed by atoms with Crippen molar-refractivity contribution in [2.45, 2.75) is 32.4 Å². The maximum Gasteiger partial charge on any atom is 0.323 e. The van der Waals surface area contributed by atoms with Gasteiger partial charge in [0.1, 0.15) is 5.54 Å². The summed E-state index contributed by atoms with van der Waals surface area (Å²) in [6, 6.07) is -0.193. The van der Waals surface area contributed by atoms with Gasteiger partial charge in [-0.3, -0.25) is 10.1 Å². The highest BCUT2D eigenvalue weighted by molar-refractivity contribution is 5.77. The molecule has 0 saturated carbocycles. The second kappa shape index (κ2) is 3.69. The SMILES string of the molecule is CC(CO)NC(C)(C)C(=O)O. The van der Waals surface area contributed by atoms with Crippen LogP contribution in [0.4, 0.5) is 0 Å². The molecule has 0 aliphatic heterocycles. The number of aliphatic hydroxyl groups is 1. The van der Waals surface area contributed by atoms with Crippen LogP contribution >= 0.6 is 0 Å². The topological polar surface area (TPSA) is 69.6 Å². The molecule has 1 unspecified atom stereocenters. The third-order valence-electron chi connectivity index (χ3n) is 1.42. The highest BCUT2D eigenvalue weighted by atomic mass is 16.4. The Bertz CT molecular complexity index is 145. The van der Waals surface area contributed by atoms with Crippen molar-refractivity contribution < 1.29 is 15.0 Å². The van der Waals surface area contributed by atoms with Gasteiger partial charge in [0.05, 0.1) is 6.61 Å². The van der Waals surface area contributed by atoms with Crippen LogP contribution in [0.3, 0.4) is 0 Å². The first-order chi connectivity index (χ1) is 4.90. The van der Waals surface area contributed by atoms with Gasteiger partial charge in [-0.2, -0.15) is 0 Å². The molecule has 0 aromatic rings. The summed E-state index contributed by atoms with van der Waals surface area (Å²) in [4.78, 5) is 10.5. The lowest BCUT2D eigenvalue weighted by molar-refractivity contribution is -0.143. The zero-order chi connectivity index (χ0) is 9.07. The largest absolute Gasteiger partial charge is 0.480 e. The van der Waals surface area contributed by atoms with Gasteiger partial charge in [0, 0.05) is 6.04 Å². The van der Waals surface area contributed by atoms with Crippen LogP contribution in [0.2, 0.25) is 0 Å². The standard InChI is InChI=1S/C7H15NO3/c1-5(4-9)8-7(2,3)6(10)11/h5,8-9H,4H2,1-3H3,(H,10,11). The summed E-state index contributed by atoms with van der Waals surface area (Å²) >= 11 is 0. The molecule has 0 fully saturated rings. The second-order valence-corrected chi connectivity index (χ2v) is 3.16. The fourth-order valence-corrected chi connectivity index (χ4v) is 0.723. The molecule has 0 aliphatic rings. The molecule has 66 valence electrons. The van der Waals surface area contributed by atoms with E-state index in [4.69, 9.17) is 10.2 Å². The van der Waals surface area contributed by atoms with Gasteiger partial charge in [-0.15, -0.1) is 0 Å². The summed E-state index contributed by atoms with van der Waals surface area (Å²) in [5, 5.41) is 20.0. The van der Waals surface area contributed by atoms with Crippen LogP contribution in [0.15, 0.2) is 0 Å². The molecular weight excluding hydrogens is 146 g/mol. The molecular formula is C7H15NO3. The zero-order valence-electron chi connectivity index (χ0n) is 7.09. The Morgan fingerprint density at radius 3 is 2.36 bits per heavy atom. The summed E-state index contributed by atoms with van der Waals surface area (Å²) in [7, 11) is 0. The summed E-state index contributed by atoms with van der Waals surface area (Å²) < 4.78 is 0. The van der Waals surface area contributed by atoms with Crippen molar-refractivity contribution in [1.82, 2.24) is 5.32 Å². The zero-order valence-corrected chi connectivity index (χ0v) is 7.09. The number of nitrogens with one attached hydrogen (secondary N) is 1. The van der Waals surface area contributed by atoms with E-state index in [0.717, 1.165) is 0 Å². The Hall–Kier alpha value is -0.610. The molecule has 0 saturated heterocycles. The molecule has 11 heavy (non-hydrogen) atoms. The molecule has 0 radical (unpaired) electrons. The average Bonchev–Trinajstić information content (AvgIpc) is 1.86. The average molecular weight is 161 g/mol. The van der Waals surface area contributed by atoms with Crippen LogP contribution < -0.4 is 5.32 Å². The molecule has 1 atom stereocenters. The van der Waals surface area contributed by atoms with Crippen molar-refractivity contribution in [2.75, 3.05) is 6.61 Å². The summed E-state index contributed by atoms with van der Waals surface area (Å²) in [6.07, 6.45) is 0. The Kier molecular flexibility index (Phi) is 3.48. The van der Waals surface area contributed by atoms with E-state index in [-0.39, 0.29) is 12.6 Å². The van der Waals surface area contributed by atoms with Crippen LogP contribution in [0.1, 0.15) is 20.8 Å². The molecule has 3 N–H and O–H groups in total. The summed E-state index contributed by atoms with van der Waals surface area (Å²) in [5.74, 6) is -0.919. The van der Waals surface area contributed by atoms with Crippen molar-refractivity contribution in [1.29, 1.82) is 0 Å². The van der Waals surface area contributed by atoms with Gasteiger partial charge >= 0.3 is 5.97 Å². The Balaban J connectivity index is 4.01. The van der Waals surface area contributed by atoms with Gasteiger partial charge in [-0.1, -0.05) is 0 Å². The maximum atomic E-state index is 10.5. The number of carbonyl (C=O) groups is 1. The number of carboxylic acids is 1. The second-order valence-electron chi connectivity index (χ2n) is 3.16. The third-order valence-corrected chi connectivity index (χ3v) is 1.42. The smallest absolute Gasteiger partial charge is 0.323 e. The molecule has 0 rings (SSSR count). The lowest BCUT2D eigenvalue weighted by Crippen LogP contribution is -2.51. The predicted octanol–water partition coefficient (Wildman–Crippen LogP) is -0.180. The molecule has 0 aliphatic carbocycles. The van der Waals surface area contributed by atoms with Crippen molar-refractivity contribution in [2.24, 2.45) is 0 Å². The normalized spacial score (nSPS) is 14.5. The van der Waals surface area contributed by atoms with E-state index < -0.39 is 11.5 Å². The third kappa shape index (κ3) is 3.34. The van der Waals surface area contributed by atoms with Crippen molar-refractivity contribution in [3.05, 3.63) is 0 Å². The lowest BCUT2D eigenvalue weighted by atomic mass is 10.1. The Labute approximate surface area is 66.2 Å². The van der Waals surface area contributed by atoms with E-state index in [1.807, 2.05) is 0 Å². The molecule has 4 nitrogen and oxygen atoms in total. The number of aliphatic hydroxyl groups excluding tert-OH is 1. The van der Waals surface area contributed by atoms with Gasteiger partial charge < -0.3 is 10.2 Å². The van der Waals surface area contributed by atoms with Gasteiger partial charge in [-0.25, -0.2) is 0 Å². The molecule has 0 amide bonds. The van der Waals surface area contributed by atoms with Gasteiger partial charge in [0.2, 0.25) is 0 Å². The molecule has 0 aromatic heterocycles. The number of hydrogen-bond donors (Lipinski definition) is 3. The minimum absolute atomic E-state index is 0.0588. The van der Waals surface area contributed by atoms with E-state index >= 15 is 0 Å². The Morgan fingerprint density at radius 2 is 2.09 bits per heavy atom. The highest BCUT2D eigenvalue weighted by Crippen LogP contribution is 2.02. The molecule has 0 bridgehead atoms. The number of carboxylic acid groups (broad SMARTS) is 1.